The molecule has 1 atom stereocenters. The molecule has 1 fully saturated rings. The van der Waals surface area contributed by atoms with Gasteiger partial charge in [-0.2, -0.15) is 0 Å². The second-order valence-electron chi connectivity index (χ2n) is 3.93. The fourth-order valence-electron chi connectivity index (χ4n) is 1.21. The van der Waals surface area contributed by atoms with E-state index < -0.39 is 0 Å². The van der Waals surface area contributed by atoms with Crippen LogP contribution in [0.5, 0.6) is 0 Å². The first-order valence-corrected chi connectivity index (χ1v) is 4.69. The summed E-state index contributed by atoms with van der Waals surface area (Å²) in [6, 6.07) is 0. The first-order valence-electron chi connectivity index (χ1n) is 4.69. The Morgan fingerprint density at radius 1 is 1.23 bits per heavy atom. The summed E-state index contributed by atoms with van der Waals surface area (Å²) in [6.07, 6.45) is 4.19. The van der Waals surface area contributed by atoms with Gasteiger partial charge < -0.3 is 4.74 Å². The fraction of sp³-hybridized carbons (Fsp3) is 1.00. The van der Waals surface area contributed by atoms with Crippen LogP contribution >= 0.6 is 0 Å². The number of ether oxygens (including phenoxy) is 1. The maximum atomic E-state index is 5.55. The minimum absolute atomic E-state index is 0. The van der Waals surface area contributed by atoms with Gasteiger partial charge in [0.1, 0.15) is 0 Å². The Morgan fingerprint density at radius 2 is 1.62 bits per heavy atom. The molecule has 1 aliphatic heterocycles. The van der Waals surface area contributed by atoms with Crippen molar-refractivity contribution in [2.24, 2.45) is 0 Å². The fourth-order valence-corrected chi connectivity index (χ4v) is 1.21. The molecule has 0 aromatic heterocycles. The third-order valence-corrected chi connectivity index (χ3v) is 1.67. The molecule has 0 aliphatic carbocycles. The molecule has 1 aliphatic rings. The van der Waals surface area contributed by atoms with E-state index in [4.69, 9.17) is 4.74 Å². The van der Waals surface area contributed by atoms with Gasteiger partial charge in [-0.25, -0.2) is 0 Å². The standard InChI is InChI=1S/C7H14O.C3H8.2CH4/c1-6-4-5-7(2,3)8-6;1-3-2;;/h6H,4-5H2,1-3H3;3H2,1-2H3;2*1H4. The van der Waals surface area contributed by atoms with Crippen LogP contribution in [0.3, 0.4) is 0 Å². The molecule has 1 heterocycles. The van der Waals surface area contributed by atoms with Crippen molar-refractivity contribution in [2.75, 3.05) is 0 Å². The third kappa shape index (κ3) is 9.88. The summed E-state index contributed by atoms with van der Waals surface area (Å²) in [5, 5.41) is 0. The number of rotatable bonds is 0. The molecule has 1 rings (SSSR count). The lowest BCUT2D eigenvalue weighted by Gasteiger charge is -2.16. The first kappa shape index (κ1) is 18.7. The topological polar surface area (TPSA) is 9.23 Å². The van der Waals surface area contributed by atoms with Gasteiger partial charge in [-0.3, -0.25) is 0 Å². The minimum atomic E-state index is 0. The molecule has 84 valence electrons. The zero-order valence-corrected chi connectivity index (χ0v) is 8.61. The molecule has 0 spiro atoms. The van der Waals surface area contributed by atoms with Gasteiger partial charge in [0, 0.05) is 0 Å². The van der Waals surface area contributed by atoms with Crippen molar-refractivity contribution >= 4 is 0 Å². The van der Waals surface area contributed by atoms with Crippen molar-refractivity contribution in [3.05, 3.63) is 0 Å². The molecule has 1 nitrogen and oxygen atoms in total. The van der Waals surface area contributed by atoms with Gasteiger partial charge in [-0.15, -0.1) is 0 Å². The Morgan fingerprint density at radius 3 is 1.69 bits per heavy atom. The van der Waals surface area contributed by atoms with Crippen molar-refractivity contribution < 1.29 is 4.74 Å². The van der Waals surface area contributed by atoms with E-state index in [1.807, 2.05) is 0 Å². The second-order valence-corrected chi connectivity index (χ2v) is 3.93. The van der Waals surface area contributed by atoms with Gasteiger partial charge in [-0.05, 0) is 33.6 Å². The van der Waals surface area contributed by atoms with Gasteiger partial charge in [0.2, 0.25) is 0 Å². The van der Waals surface area contributed by atoms with Gasteiger partial charge in [0.15, 0.2) is 0 Å². The molecule has 0 bridgehead atoms. The highest BCUT2D eigenvalue weighted by molar-refractivity contribution is 4.77. The Kier molecular flexibility index (Phi) is 12.3. The molecular formula is C12H30O. The lowest BCUT2D eigenvalue weighted by molar-refractivity contribution is -0.00669. The molecular weight excluding hydrogens is 160 g/mol. The molecule has 0 saturated carbocycles. The van der Waals surface area contributed by atoms with Crippen LogP contribution in [0.1, 0.15) is 68.7 Å². The van der Waals surface area contributed by atoms with Crippen LogP contribution in [-0.4, -0.2) is 11.7 Å². The highest BCUT2D eigenvalue weighted by Crippen LogP contribution is 2.28. The lowest BCUT2D eigenvalue weighted by Crippen LogP contribution is -2.18. The normalized spacial score (nSPS) is 23.3. The van der Waals surface area contributed by atoms with Gasteiger partial charge in [0.25, 0.3) is 0 Å². The van der Waals surface area contributed by atoms with Crippen LogP contribution in [0.15, 0.2) is 0 Å². The zero-order valence-electron chi connectivity index (χ0n) is 8.61. The average molecular weight is 190 g/mol. The van der Waals surface area contributed by atoms with Crippen molar-refractivity contribution in [3.8, 4) is 0 Å². The van der Waals surface area contributed by atoms with E-state index in [-0.39, 0.29) is 20.5 Å². The molecule has 1 saturated heterocycles. The summed E-state index contributed by atoms with van der Waals surface area (Å²) in [6.45, 7) is 10.7. The van der Waals surface area contributed by atoms with Gasteiger partial charge in [-0.1, -0.05) is 35.1 Å². The molecule has 0 aromatic rings. The van der Waals surface area contributed by atoms with Crippen LogP contribution < -0.4 is 0 Å². The van der Waals surface area contributed by atoms with Crippen molar-refractivity contribution in [1.82, 2.24) is 0 Å². The summed E-state index contributed by atoms with van der Waals surface area (Å²) in [4.78, 5) is 0. The third-order valence-electron chi connectivity index (χ3n) is 1.67. The van der Waals surface area contributed by atoms with E-state index >= 15 is 0 Å². The Hall–Kier alpha value is -0.0400. The van der Waals surface area contributed by atoms with Crippen molar-refractivity contribution in [2.45, 2.75) is 80.4 Å². The summed E-state index contributed by atoms with van der Waals surface area (Å²) in [7, 11) is 0. The quantitative estimate of drug-likeness (QED) is 0.540. The van der Waals surface area contributed by atoms with Crippen LogP contribution in [-0.2, 0) is 4.74 Å². The zero-order chi connectivity index (χ0) is 8.91. The maximum Gasteiger partial charge on any atom is 0.0631 e. The molecule has 0 aromatic carbocycles. The average Bonchev–Trinajstić information content (AvgIpc) is 2.11. The summed E-state index contributed by atoms with van der Waals surface area (Å²) in [5.41, 5.74) is 0.166. The summed E-state index contributed by atoms with van der Waals surface area (Å²) >= 11 is 0. The van der Waals surface area contributed by atoms with Gasteiger partial charge in [0.05, 0.1) is 11.7 Å². The van der Waals surface area contributed by atoms with E-state index in [0.29, 0.717) is 6.10 Å². The highest BCUT2D eigenvalue weighted by Gasteiger charge is 2.28. The second kappa shape index (κ2) is 8.55. The molecule has 1 heteroatoms. The monoisotopic (exact) mass is 190 g/mol. The molecule has 0 N–H and O–H groups in total. The summed E-state index contributed by atoms with van der Waals surface area (Å²) in [5.74, 6) is 0. The predicted molar refractivity (Wildman–Crippen MR) is 63.3 cm³/mol. The predicted octanol–water partition coefficient (Wildman–Crippen LogP) is 4.65. The first-order chi connectivity index (χ1) is 5.02. The van der Waals surface area contributed by atoms with E-state index in [9.17, 15) is 0 Å². The number of hydrogen-bond donors (Lipinski definition) is 0. The highest BCUT2D eigenvalue weighted by atomic mass is 16.5. The van der Waals surface area contributed by atoms with E-state index in [1.54, 1.807) is 0 Å². The molecule has 13 heavy (non-hydrogen) atoms. The molecule has 0 radical (unpaired) electrons. The smallest absolute Gasteiger partial charge is 0.0631 e. The van der Waals surface area contributed by atoms with Gasteiger partial charge >= 0.3 is 0 Å². The SMILES string of the molecule is C.C.CC1CCC(C)(C)O1.CCC. The lowest BCUT2D eigenvalue weighted by atomic mass is 10.1. The molecule has 1 unspecified atom stereocenters. The number of hydrogen-bond acceptors (Lipinski definition) is 1. The van der Waals surface area contributed by atoms with E-state index in [2.05, 4.69) is 34.6 Å². The van der Waals surface area contributed by atoms with E-state index in [1.165, 1.54) is 19.3 Å². The van der Waals surface area contributed by atoms with E-state index in [0.717, 1.165) is 0 Å². The van der Waals surface area contributed by atoms with Crippen molar-refractivity contribution in [3.63, 3.8) is 0 Å². The Labute approximate surface area is 85.9 Å². The Bertz CT molecular complexity index is 97.3. The van der Waals surface area contributed by atoms with Crippen LogP contribution in [0.4, 0.5) is 0 Å². The Balaban J connectivity index is -0.000000180. The molecule has 0 amide bonds. The van der Waals surface area contributed by atoms with Crippen molar-refractivity contribution in [1.29, 1.82) is 0 Å². The largest absolute Gasteiger partial charge is 0.373 e. The minimum Gasteiger partial charge on any atom is -0.373 e. The summed E-state index contributed by atoms with van der Waals surface area (Å²) < 4.78 is 5.55. The maximum absolute atomic E-state index is 5.55. The van der Waals surface area contributed by atoms with Crippen LogP contribution in [0, 0.1) is 0 Å². The van der Waals surface area contributed by atoms with Crippen LogP contribution in [0.25, 0.3) is 0 Å². The van der Waals surface area contributed by atoms with Crippen LogP contribution in [0.2, 0.25) is 0 Å².